The van der Waals surface area contributed by atoms with E-state index >= 15 is 0 Å². The first-order chi connectivity index (χ1) is 5.77. The Labute approximate surface area is 91.7 Å². The van der Waals surface area contributed by atoms with Crippen molar-refractivity contribution in [2.45, 2.75) is 45.4 Å². The summed E-state index contributed by atoms with van der Waals surface area (Å²) in [4.78, 5) is 9.95. The van der Waals surface area contributed by atoms with Gasteiger partial charge in [-0.2, -0.15) is 0 Å². The van der Waals surface area contributed by atoms with Crippen LogP contribution in [0.4, 0.5) is 0 Å². The van der Waals surface area contributed by atoms with E-state index < -0.39 is 8.25 Å². The van der Waals surface area contributed by atoms with Crippen molar-refractivity contribution in [3.05, 3.63) is 0 Å². The number of hydrogen-bond acceptors (Lipinski definition) is 3. The Bertz CT molecular complexity index is 122. The van der Waals surface area contributed by atoms with Crippen LogP contribution in [0.5, 0.6) is 0 Å². The van der Waals surface area contributed by atoms with Crippen molar-refractivity contribution in [1.82, 2.24) is 0 Å². The molecule has 13 heavy (non-hydrogen) atoms. The zero-order valence-corrected chi connectivity index (χ0v) is 9.76. The van der Waals surface area contributed by atoms with Gasteiger partial charge in [0, 0.05) is 0 Å². The minimum atomic E-state index is -2.63. The molecule has 0 aromatic heterocycles. The van der Waals surface area contributed by atoms with Gasteiger partial charge in [-0.15, -0.1) is 4.52 Å². The van der Waals surface area contributed by atoms with Crippen LogP contribution < -0.4 is 4.89 Å². The van der Waals surface area contributed by atoms with E-state index in [1.54, 1.807) is 0 Å². The molecule has 1 unspecified atom stereocenters. The molecule has 0 spiro atoms. The summed E-state index contributed by atoms with van der Waals surface area (Å²) >= 11 is 0. The maximum atomic E-state index is 9.95. The van der Waals surface area contributed by atoms with Gasteiger partial charge in [0.2, 0.25) is 0 Å². The molecule has 0 aromatic carbocycles. The van der Waals surface area contributed by atoms with E-state index in [0.29, 0.717) is 6.61 Å². The van der Waals surface area contributed by atoms with Gasteiger partial charge in [-0.1, -0.05) is 39.0 Å². The van der Waals surface area contributed by atoms with Crippen LogP contribution in [0.25, 0.3) is 0 Å². The van der Waals surface area contributed by atoms with Crippen LogP contribution in [0.1, 0.15) is 45.4 Å². The Balaban J connectivity index is 0. The van der Waals surface area contributed by atoms with Gasteiger partial charge in [-0.05, 0) is 11.0 Å². The monoisotopic (exact) mass is 255 g/mol. The molecule has 0 aromatic rings. The van der Waals surface area contributed by atoms with Crippen LogP contribution in [0, 0.1) is 0 Å². The first-order valence-electron chi connectivity index (χ1n) is 4.54. The average molecular weight is 256 g/mol. The van der Waals surface area contributed by atoms with Gasteiger partial charge in [0.15, 0.2) is 0 Å². The molecule has 0 N–H and O–H groups in total. The number of unbranched alkanes of at least 4 members (excludes halogenated alkanes) is 5. The molecule has 82 valence electrons. The predicted molar refractivity (Wildman–Crippen MR) is 46.9 cm³/mol. The fraction of sp³-hybridized carbons (Fsp3) is 1.00. The fourth-order valence-corrected chi connectivity index (χ4v) is 1.30. The molecule has 3 nitrogen and oxygen atoms in total. The van der Waals surface area contributed by atoms with E-state index in [2.05, 4.69) is 11.4 Å². The summed E-state index contributed by atoms with van der Waals surface area (Å²) in [6.07, 6.45) is 6.88. The minimum Gasteiger partial charge on any atom is -0.566 e. The largest absolute Gasteiger partial charge is 1.00 e. The van der Waals surface area contributed by atoms with E-state index in [0.717, 1.165) is 12.8 Å². The van der Waals surface area contributed by atoms with E-state index in [4.69, 9.17) is 0 Å². The van der Waals surface area contributed by atoms with Gasteiger partial charge in [0.05, 0.1) is 0 Å². The molecule has 0 radical (unpaired) electrons. The van der Waals surface area contributed by atoms with Crippen LogP contribution in [-0.4, -0.2) is 6.61 Å². The number of hydrogen-bond donors (Lipinski definition) is 0. The first kappa shape index (κ1) is 16.0. The molecule has 0 fully saturated rings. The zero-order chi connectivity index (χ0) is 9.23. The zero-order valence-electron chi connectivity index (χ0n) is 7.92. The topological polar surface area (TPSA) is 49.4 Å². The van der Waals surface area contributed by atoms with E-state index in [9.17, 15) is 9.46 Å². The normalized spacial score (nSPS) is 10.8. The molecule has 0 bridgehead atoms. The smallest absolute Gasteiger partial charge is 0.566 e. The summed E-state index contributed by atoms with van der Waals surface area (Å²) in [5.74, 6) is 0. The van der Waals surface area contributed by atoms with Gasteiger partial charge < -0.3 is 4.89 Å². The molecule has 0 aliphatic heterocycles. The third-order valence-corrected chi connectivity index (χ3v) is 2.09. The second-order valence-electron chi connectivity index (χ2n) is 2.82. The van der Waals surface area contributed by atoms with E-state index in [1.807, 2.05) is 0 Å². The molecule has 0 rings (SSSR count). The van der Waals surface area contributed by atoms with Crippen LogP contribution >= 0.6 is 8.25 Å². The van der Waals surface area contributed by atoms with Crippen LogP contribution in [0.2, 0.25) is 0 Å². The quantitative estimate of drug-likeness (QED) is 0.380. The molecule has 0 saturated carbocycles. The Morgan fingerprint density at radius 2 is 1.69 bits per heavy atom. The molecule has 0 aliphatic rings. The molecule has 0 amide bonds. The fourth-order valence-electron chi connectivity index (χ4n) is 1.02. The second-order valence-corrected chi connectivity index (χ2v) is 3.53. The van der Waals surface area contributed by atoms with Crippen molar-refractivity contribution < 1.29 is 31.1 Å². The summed E-state index contributed by atoms with van der Waals surface area (Å²) in [5, 5.41) is 0. The molecule has 1 atom stereocenters. The van der Waals surface area contributed by atoms with Crippen molar-refractivity contribution in [1.29, 1.82) is 0 Å². The maximum Gasteiger partial charge on any atom is 1.00 e. The molecular formula is C8H17CuO3P+. The van der Waals surface area contributed by atoms with Gasteiger partial charge >= 0.3 is 25.3 Å². The standard InChI is InChI=1S/C8H17O3P.Cu/c1-2-3-4-5-6-7-8-11-12(9)10;/h2-8H2,1H3;/q;+1. The van der Waals surface area contributed by atoms with Crippen molar-refractivity contribution in [2.75, 3.05) is 6.61 Å². The minimum absolute atomic E-state index is 0. The summed E-state index contributed by atoms with van der Waals surface area (Å²) < 4.78 is 14.4. The van der Waals surface area contributed by atoms with Crippen LogP contribution in [0.15, 0.2) is 0 Å². The number of rotatable bonds is 8. The Hall–Kier alpha value is 0.539. The molecule has 5 heteroatoms. The van der Waals surface area contributed by atoms with Gasteiger partial charge in [-0.25, -0.2) is 0 Å². The summed E-state index contributed by atoms with van der Waals surface area (Å²) in [5.41, 5.74) is 0. The van der Waals surface area contributed by atoms with Crippen LogP contribution in [-0.2, 0) is 26.2 Å². The van der Waals surface area contributed by atoms with Crippen molar-refractivity contribution in [3.63, 3.8) is 0 Å². The predicted octanol–water partition coefficient (Wildman–Crippen LogP) is 2.38. The molecule has 0 aliphatic carbocycles. The summed E-state index contributed by atoms with van der Waals surface area (Å²) in [7, 11) is -2.63. The summed E-state index contributed by atoms with van der Waals surface area (Å²) in [6, 6.07) is 0. The first-order valence-corrected chi connectivity index (χ1v) is 5.64. The Morgan fingerprint density at radius 1 is 1.15 bits per heavy atom. The molecular weight excluding hydrogens is 239 g/mol. The van der Waals surface area contributed by atoms with Crippen molar-refractivity contribution >= 4 is 8.25 Å². The SMILES string of the molecule is CCCCCCCCO[P+](=O)[O-].[Cu+]. The van der Waals surface area contributed by atoms with Crippen LogP contribution in [0.3, 0.4) is 0 Å². The Kier molecular flexibility index (Phi) is 15.4. The second kappa shape index (κ2) is 12.5. The van der Waals surface area contributed by atoms with Gasteiger partial charge in [0.1, 0.15) is 6.61 Å². The van der Waals surface area contributed by atoms with Gasteiger partial charge in [0.25, 0.3) is 0 Å². The Morgan fingerprint density at radius 3 is 2.23 bits per heavy atom. The van der Waals surface area contributed by atoms with E-state index in [-0.39, 0.29) is 17.1 Å². The molecule has 0 heterocycles. The average Bonchev–Trinajstić information content (AvgIpc) is 2.02. The van der Waals surface area contributed by atoms with E-state index in [1.165, 1.54) is 25.7 Å². The van der Waals surface area contributed by atoms with Gasteiger partial charge in [-0.3, -0.25) is 0 Å². The molecule has 0 saturated heterocycles. The van der Waals surface area contributed by atoms with Crippen molar-refractivity contribution in [3.8, 4) is 0 Å². The third kappa shape index (κ3) is 15.3. The maximum absolute atomic E-state index is 9.95. The van der Waals surface area contributed by atoms with Crippen molar-refractivity contribution in [2.24, 2.45) is 0 Å². The third-order valence-electron chi connectivity index (χ3n) is 1.69. The summed E-state index contributed by atoms with van der Waals surface area (Å²) in [6.45, 7) is 2.52.